The minimum Gasteiger partial charge on any atom is -0.369 e. The molecule has 0 spiro atoms. The van der Waals surface area contributed by atoms with E-state index in [0.717, 1.165) is 59.2 Å². The number of piperazine rings is 1. The topological polar surface area (TPSA) is 89.7 Å². The van der Waals surface area contributed by atoms with Crippen LogP contribution in [0.25, 0.3) is 44.5 Å². The van der Waals surface area contributed by atoms with Crippen molar-refractivity contribution >= 4 is 27.6 Å². The third-order valence-corrected chi connectivity index (χ3v) is 6.07. The van der Waals surface area contributed by atoms with Gasteiger partial charge < -0.3 is 20.2 Å². The average molecular weight is 422 g/mol. The molecule has 0 amide bonds. The predicted octanol–water partition coefficient (Wildman–Crippen LogP) is 3.54. The lowest BCUT2D eigenvalue weighted by Crippen LogP contribution is -2.43. The Morgan fingerprint density at radius 1 is 0.906 bits per heavy atom. The van der Waals surface area contributed by atoms with Gasteiger partial charge in [0.05, 0.1) is 22.1 Å². The number of benzene rings is 2. The van der Waals surface area contributed by atoms with Gasteiger partial charge >= 0.3 is 0 Å². The maximum atomic E-state index is 12.7. The van der Waals surface area contributed by atoms with Crippen LogP contribution in [0.5, 0.6) is 0 Å². The summed E-state index contributed by atoms with van der Waals surface area (Å²) in [4.78, 5) is 30.5. The number of fused-ring (bicyclic) bond motifs is 2. The van der Waals surface area contributed by atoms with Crippen molar-refractivity contribution in [3.05, 3.63) is 77.3 Å². The first-order valence-corrected chi connectivity index (χ1v) is 10.8. The van der Waals surface area contributed by atoms with E-state index in [1.165, 1.54) is 5.69 Å². The SMILES string of the molecule is O=c1[nH]cc(-c2ccnc3ccccc23)cc1-c1nc2ccc(N3CCNCC3)cc2[nH]1. The summed E-state index contributed by atoms with van der Waals surface area (Å²) >= 11 is 0. The van der Waals surface area contributed by atoms with E-state index in [2.05, 4.69) is 37.3 Å². The van der Waals surface area contributed by atoms with Crippen LogP contribution < -0.4 is 15.8 Å². The van der Waals surface area contributed by atoms with Crippen LogP contribution in [-0.4, -0.2) is 46.1 Å². The molecule has 3 N–H and O–H groups in total. The number of aromatic amines is 2. The van der Waals surface area contributed by atoms with Crippen LogP contribution in [0.15, 0.2) is 71.8 Å². The van der Waals surface area contributed by atoms with Crippen molar-refractivity contribution in [2.45, 2.75) is 0 Å². The highest BCUT2D eigenvalue weighted by Gasteiger charge is 2.15. The van der Waals surface area contributed by atoms with Gasteiger partial charge in [-0.2, -0.15) is 0 Å². The molecular formula is C25H22N6O. The maximum absolute atomic E-state index is 12.7. The van der Waals surface area contributed by atoms with E-state index in [1.54, 1.807) is 12.4 Å². The van der Waals surface area contributed by atoms with E-state index in [9.17, 15) is 4.79 Å². The zero-order valence-electron chi connectivity index (χ0n) is 17.4. The molecule has 6 rings (SSSR count). The third kappa shape index (κ3) is 3.23. The molecule has 5 aromatic rings. The standard InChI is InChI=1S/C25H22N6O/c32-25-20(13-16(15-28-25)18-7-8-27-21-4-2-1-3-19(18)21)24-29-22-6-5-17(14-23(22)30-24)31-11-9-26-10-12-31/h1-8,13-15,26H,9-12H2,(H,28,32)(H,29,30). The van der Waals surface area contributed by atoms with Crippen LogP contribution in [0.2, 0.25) is 0 Å². The van der Waals surface area contributed by atoms with Gasteiger partial charge in [0.1, 0.15) is 5.82 Å². The lowest BCUT2D eigenvalue weighted by atomic mass is 10.0. The first-order valence-electron chi connectivity index (χ1n) is 10.8. The lowest BCUT2D eigenvalue weighted by Gasteiger charge is -2.29. The van der Waals surface area contributed by atoms with E-state index < -0.39 is 0 Å². The van der Waals surface area contributed by atoms with Gasteiger partial charge in [0.25, 0.3) is 5.56 Å². The summed E-state index contributed by atoms with van der Waals surface area (Å²) in [6.07, 6.45) is 3.54. The molecule has 4 heterocycles. The first kappa shape index (κ1) is 18.8. The Hall–Kier alpha value is -3.97. The van der Waals surface area contributed by atoms with Gasteiger partial charge in [-0.25, -0.2) is 4.98 Å². The molecular weight excluding hydrogens is 400 g/mol. The number of nitrogens with one attached hydrogen (secondary N) is 3. The zero-order chi connectivity index (χ0) is 21.5. The van der Waals surface area contributed by atoms with Crippen LogP contribution in [0.1, 0.15) is 0 Å². The number of aromatic nitrogens is 4. The number of anilines is 1. The number of rotatable bonds is 3. The van der Waals surface area contributed by atoms with Crippen molar-refractivity contribution < 1.29 is 0 Å². The zero-order valence-corrected chi connectivity index (χ0v) is 17.4. The summed E-state index contributed by atoms with van der Waals surface area (Å²) in [5.41, 5.74) is 6.14. The first-order chi connectivity index (χ1) is 15.8. The average Bonchev–Trinajstić information content (AvgIpc) is 3.28. The number of nitrogens with zero attached hydrogens (tertiary/aromatic N) is 3. The van der Waals surface area contributed by atoms with Crippen molar-refractivity contribution in [2.24, 2.45) is 0 Å². The molecule has 1 aliphatic heterocycles. The van der Waals surface area contributed by atoms with Crippen molar-refractivity contribution in [3.63, 3.8) is 0 Å². The molecule has 0 unspecified atom stereocenters. The normalized spacial score (nSPS) is 14.3. The van der Waals surface area contributed by atoms with Gasteiger partial charge in [0, 0.05) is 49.6 Å². The maximum Gasteiger partial charge on any atom is 0.259 e. The Kier molecular flexibility index (Phi) is 4.47. The van der Waals surface area contributed by atoms with E-state index in [1.807, 2.05) is 42.5 Å². The highest BCUT2D eigenvalue weighted by atomic mass is 16.1. The number of imidazole rings is 1. The van der Waals surface area contributed by atoms with Crippen LogP contribution in [0, 0.1) is 0 Å². The third-order valence-electron chi connectivity index (χ3n) is 6.07. The summed E-state index contributed by atoms with van der Waals surface area (Å²) < 4.78 is 0. The molecule has 1 saturated heterocycles. The molecule has 7 nitrogen and oxygen atoms in total. The fourth-order valence-corrected chi connectivity index (χ4v) is 4.41. The monoisotopic (exact) mass is 422 g/mol. The molecule has 32 heavy (non-hydrogen) atoms. The highest BCUT2D eigenvalue weighted by Crippen LogP contribution is 2.29. The van der Waals surface area contributed by atoms with Gasteiger partial charge in [-0.15, -0.1) is 0 Å². The van der Waals surface area contributed by atoms with Gasteiger partial charge in [-0.05, 0) is 47.5 Å². The molecule has 158 valence electrons. The van der Waals surface area contributed by atoms with Gasteiger partial charge in [-0.1, -0.05) is 18.2 Å². The molecule has 0 aliphatic carbocycles. The minimum atomic E-state index is -0.173. The van der Waals surface area contributed by atoms with Crippen molar-refractivity contribution in [1.29, 1.82) is 0 Å². The molecule has 0 atom stereocenters. The summed E-state index contributed by atoms with van der Waals surface area (Å²) in [6, 6.07) is 18.1. The van der Waals surface area contributed by atoms with E-state index in [4.69, 9.17) is 4.98 Å². The second-order valence-electron chi connectivity index (χ2n) is 8.03. The van der Waals surface area contributed by atoms with Crippen LogP contribution in [0.4, 0.5) is 5.69 Å². The fraction of sp³-hybridized carbons (Fsp3) is 0.160. The molecule has 3 aromatic heterocycles. The van der Waals surface area contributed by atoms with Crippen molar-refractivity contribution in [3.8, 4) is 22.5 Å². The van der Waals surface area contributed by atoms with Gasteiger partial charge in [0.15, 0.2) is 0 Å². The van der Waals surface area contributed by atoms with Crippen molar-refractivity contribution in [1.82, 2.24) is 25.3 Å². The summed E-state index contributed by atoms with van der Waals surface area (Å²) in [5.74, 6) is 0.568. The highest BCUT2D eigenvalue weighted by molar-refractivity contribution is 5.94. The number of H-pyrrole nitrogens is 2. The molecule has 2 aromatic carbocycles. The summed E-state index contributed by atoms with van der Waals surface area (Å²) in [5, 5.41) is 4.42. The van der Waals surface area contributed by atoms with Crippen LogP contribution in [0.3, 0.4) is 0 Å². The molecule has 1 fully saturated rings. The molecule has 1 aliphatic rings. The predicted molar refractivity (Wildman–Crippen MR) is 128 cm³/mol. The molecule has 7 heteroatoms. The number of hydrogen-bond donors (Lipinski definition) is 3. The summed E-state index contributed by atoms with van der Waals surface area (Å²) in [6.45, 7) is 3.93. The van der Waals surface area contributed by atoms with Crippen molar-refractivity contribution in [2.75, 3.05) is 31.1 Å². The van der Waals surface area contributed by atoms with E-state index >= 15 is 0 Å². The number of hydrogen-bond acceptors (Lipinski definition) is 5. The number of para-hydroxylation sites is 1. The smallest absolute Gasteiger partial charge is 0.259 e. The van der Waals surface area contributed by atoms with Crippen LogP contribution in [-0.2, 0) is 0 Å². The quantitative estimate of drug-likeness (QED) is 0.414. The van der Waals surface area contributed by atoms with Gasteiger partial charge in [-0.3, -0.25) is 9.78 Å². The Balaban J connectivity index is 1.43. The second kappa shape index (κ2) is 7.62. The summed E-state index contributed by atoms with van der Waals surface area (Å²) in [7, 11) is 0. The molecule has 0 bridgehead atoms. The largest absolute Gasteiger partial charge is 0.369 e. The Bertz CT molecular complexity index is 1490. The Morgan fingerprint density at radius 2 is 1.78 bits per heavy atom. The van der Waals surface area contributed by atoms with Gasteiger partial charge in [0.2, 0.25) is 0 Å². The second-order valence-corrected chi connectivity index (χ2v) is 8.03. The van der Waals surface area contributed by atoms with Crippen LogP contribution >= 0.6 is 0 Å². The minimum absolute atomic E-state index is 0.173. The van der Waals surface area contributed by atoms with E-state index in [0.29, 0.717) is 11.4 Å². The fourth-order valence-electron chi connectivity index (χ4n) is 4.41. The van der Waals surface area contributed by atoms with E-state index in [-0.39, 0.29) is 5.56 Å². The number of pyridine rings is 2. The lowest BCUT2D eigenvalue weighted by molar-refractivity contribution is 0.589. The molecule has 0 radical (unpaired) electrons. The Labute approximate surface area is 184 Å². The molecule has 0 saturated carbocycles. The Morgan fingerprint density at radius 3 is 2.69 bits per heavy atom.